The number of allylic oxidation sites excluding steroid dienone is 4. The zero-order chi connectivity index (χ0) is 13.4. The first kappa shape index (κ1) is 12.7. The average molecular weight is 279 g/mol. The molecular weight excluding hydrogens is 271 g/mol. The Balaban J connectivity index is 2.19. The normalized spacial score (nSPS) is 19.2. The van der Waals surface area contributed by atoms with Crippen LogP contribution in [0.2, 0.25) is 0 Å². The Morgan fingerprint density at radius 3 is 2.67 bits per heavy atom. The fourth-order valence-corrected chi connectivity index (χ4v) is 1.88. The predicted octanol–water partition coefficient (Wildman–Crippen LogP) is 2.02. The van der Waals surface area contributed by atoms with Gasteiger partial charge in [-0.05, 0) is 18.2 Å². The molecule has 0 atom stereocenters. The molecule has 0 unspecified atom stereocenters. The van der Waals surface area contributed by atoms with Gasteiger partial charge in [-0.1, -0.05) is 6.08 Å². The van der Waals surface area contributed by atoms with E-state index >= 15 is 0 Å². The molecule has 0 aromatic carbocycles. The van der Waals surface area contributed by atoms with Crippen LogP contribution in [-0.2, 0) is 14.3 Å². The van der Waals surface area contributed by atoms with E-state index in [0.29, 0.717) is 5.70 Å². The lowest BCUT2D eigenvalue weighted by Crippen LogP contribution is -2.27. The summed E-state index contributed by atoms with van der Waals surface area (Å²) < 4.78 is 62.0. The minimum Gasteiger partial charge on any atom is -0.376 e. The first-order valence-corrected chi connectivity index (χ1v) is 6.24. The van der Waals surface area contributed by atoms with Crippen LogP contribution in [0.1, 0.15) is 0 Å². The highest BCUT2D eigenvalue weighted by Gasteiger charge is 2.48. The maximum absolute atomic E-state index is 12.1. The summed E-state index contributed by atoms with van der Waals surface area (Å²) in [6.45, 7) is 0.245. The van der Waals surface area contributed by atoms with Crippen molar-refractivity contribution in [3.63, 3.8) is 0 Å². The molecule has 0 N–H and O–H groups in total. The lowest BCUT2D eigenvalue weighted by Gasteiger charge is -2.26. The summed E-state index contributed by atoms with van der Waals surface area (Å²) in [7, 11) is -5.61. The molecule has 0 bridgehead atoms. The van der Waals surface area contributed by atoms with Crippen molar-refractivity contribution in [1.82, 2.24) is 4.90 Å². The van der Waals surface area contributed by atoms with Crippen LogP contribution in [-0.4, -0.2) is 25.4 Å². The minimum absolute atomic E-state index is 0.245. The van der Waals surface area contributed by atoms with Crippen LogP contribution < -0.4 is 0 Å². The summed E-state index contributed by atoms with van der Waals surface area (Å²) in [6.07, 6.45) is 9.28. The van der Waals surface area contributed by atoms with Gasteiger partial charge in [0, 0.05) is 24.5 Å². The van der Waals surface area contributed by atoms with Crippen molar-refractivity contribution >= 4 is 10.1 Å². The van der Waals surface area contributed by atoms with Gasteiger partial charge in [-0.25, -0.2) is 0 Å². The van der Waals surface area contributed by atoms with Crippen molar-refractivity contribution in [2.75, 3.05) is 6.54 Å². The van der Waals surface area contributed by atoms with Crippen molar-refractivity contribution in [2.45, 2.75) is 5.51 Å². The molecule has 2 aliphatic rings. The second kappa shape index (κ2) is 4.20. The Morgan fingerprint density at radius 2 is 2.00 bits per heavy atom. The summed E-state index contributed by atoms with van der Waals surface area (Å²) in [6, 6.07) is 0. The Morgan fingerprint density at radius 1 is 1.28 bits per heavy atom. The number of hydrogen-bond acceptors (Lipinski definition) is 4. The quantitative estimate of drug-likeness (QED) is 0.573. The molecule has 0 fully saturated rings. The van der Waals surface area contributed by atoms with Gasteiger partial charge in [0.15, 0.2) is 0 Å². The van der Waals surface area contributed by atoms with Crippen LogP contribution in [0.25, 0.3) is 0 Å². The standard InChI is InChI=1S/C10H8F3NO3S/c11-10(12,13)18(15,16)17-9-4-6-14-5-2-1-3-8(14)7-9/h1-5,7H,6H2. The highest BCUT2D eigenvalue weighted by Crippen LogP contribution is 2.29. The molecule has 2 rings (SSSR count). The Bertz CT molecular complexity index is 570. The Hall–Kier alpha value is -1.70. The van der Waals surface area contributed by atoms with Gasteiger partial charge in [0.2, 0.25) is 0 Å². The smallest absolute Gasteiger partial charge is 0.376 e. The number of halogens is 3. The molecule has 8 heteroatoms. The fourth-order valence-electron chi connectivity index (χ4n) is 1.41. The summed E-state index contributed by atoms with van der Waals surface area (Å²) in [5, 5.41) is 0. The number of alkyl halides is 3. The van der Waals surface area contributed by atoms with Crippen molar-refractivity contribution in [3.05, 3.63) is 48.0 Å². The number of rotatable bonds is 2. The van der Waals surface area contributed by atoms with Crippen LogP contribution >= 0.6 is 0 Å². The molecule has 0 radical (unpaired) electrons. The van der Waals surface area contributed by atoms with Gasteiger partial charge < -0.3 is 9.08 Å². The Kier molecular flexibility index (Phi) is 2.97. The molecule has 18 heavy (non-hydrogen) atoms. The first-order chi connectivity index (χ1) is 8.29. The van der Waals surface area contributed by atoms with E-state index in [0.717, 1.165) is 0 Å². The maximum Gasteiger partial charge on any atom is 0.534 e. The van der Waals surface area contributed by atoms with Gasteiger partial charge in [0.1, 0.15) is 5.76 Å². The molecule has 0 aliphatic carbocycles. The van der Waals surface area contributed by atoms with E-state index in [4.69, 9.17) is 0 Å². The molecule has 0 aromatic heterocycles. The van der Waals surface area contributed by atoms with Crippen molar-refractivity contribution in [1.29, 1.82) is 0 Å². The third kappa shape index (κ3) is 2.42. The van der Waals surface area contributed by atoms with E-state index in [-0.39, 0.29) is 12.3 Å². The molecule has 4 nitrogen and oxygen atoms in total. The molecule has 0 saturated heterocycles. The molecule has 0 spiro atoms. The van der Waals surface area contributed by atoms with E-state index in [9.17, 15) is 21.6 Å². The summed E-state index contributed by atoms with van der Waals surface area (Å²) in [4.78, 5) is 1.73. The molecule has 2 heterocycles. The molecule has 98 valence electrons. The SMILES string of the molecule is O=S(=O)(OC1=CCN2C=CC=CC2=C1)C(F)(F)F. The molecule has 2 aliphatic heterocycles. The second-order valence-electron chi connectivity index (χ2n) is 3.51. The van der Waals surface area contributed by atoms with Gasteiger partial charge in [0.05, 0.1) is 0 Å². The van der Waals surface area contributed by atoms with E-state index in [1.807, 2.05) is 0 Å². The van der Waals surface area contributed by atoms with Crippen LogP contribution in [0.15, 0.2) is 48.0 Å². The van der Waals surface area contributed by atoms with E-state index in [1.165, 1.54) is 12.2 Å². The van der Waals surface area contributed by atoms with Gasteiger partial charge in [-0.3, -0.25) is 0 Å². The monoisotopic (exact) mass is 279 g/mol. The van der Waals surface area contributed by atoms with Crippen LogP contribution in [0.4, 0.5) is 13.2 Å². The topological polar surface area (TPSA) is 46.6 Å². The zero-order valence-electron chi connectivity index (χ0n) is 8.89. The third-order valence-corrected chi connectivity index (χ3v) is 3.22. The van der Waals surface area contributed by atoms with Crippen molar-refractivity contribution < 1.29 is 25.8 Å². The number of fused-ring (bicyclic) bond motifs is 1. The zero-order valence-corrected chi connectivity index (χ0v) is 9.70. The highest BCUT2D eigenvalue weighted by atomic mass is 32.2. The van der Waals surface area contributed by atoms with Gasteiger partial charge >= 0.3 is 15.6 Å². The number of nitrogens with zero attached hydrogens (tertiary/aromatic N) is 1. The van der Waals surface area contributed by atoms with Gasteiger partial charge in [-0.2, -0.15) is 21.6 Å². The lowest BCUT2D eigenvalue weighted by molar-refractivity contribution is -0.0520. The van der Waals surface area contributed by atoms with E-state index < -0.39 is 15.6 Å². The van der Waals surface area contributed by atoms with Crippen molar-refractivity contribution in [3.8, 4) is 0 Å². The lowest BCUT2D eigenvalue weighted by atomic mass is 10.2. The molecule has 0 saturated carbocycles. The third-order valence-electron chi connectivity index (χ3n) is 2.24. The second-order valence-corrected chi connectivity index (χ2v) is 5.05. The molecular formula is C10H8F3NO3S. The summed E-state index contributed by atoms with van der Waals surface area (Å²) >= 11 is 0. The predicted molar refractivity (Wildman–Crippen MR) is 57.2 cm³/mol. The highest BCUT2D eigenvalue weighted by molar-refractivity contribution is 7.87. The first-order valence-electron chi connectivity index (χ1n) is 4.84. The van der Waals surface area contributed by atoms with Gasteiger partial charge in [-0.15, -0.1) is 0 Å². The largest absolute Gasteiger partial charge is 0.534 e. The minimum atomic E-state index is -5.61. The van der Waals surface area contributed by atoms with Crippen LogP contribution in [0.3, 0.4) is 0 Å². The summed E-state index contributed by atoms with van der Waals surface area (Å²) in [5.41, 5.74) is -4.86. The molecule has 0 amide bonds. The number of hydrogen-bond donors (Lipinski definition) is 0. The Labute approximate surface area is 101 Å². The van der Waals surface area contributed by atoms with E-state index in [2.05, 4.69) is 4.18 Å². The van der Waals surface area contributed by atoms with E-state index in [1.54, 1.807) is 29.3 Å². The average Bonchev–Trinajstić information content (AvgIpc) is 2.27. The van der Waals surface area contributed by atoms with Crippen LogP contribution in [0.5, 0.6) is 0 Å². The molecule has 0 aromatic rings. The summed E-state index contributed by atoms with van der Waals surface area (Å²) in [5.74, 6) is -0.335. The van der Waals surface area contributed by atoms with Gasteiger partial charge in [0.25, 0.3) is 0 Å². The van der Waals surface area contributed by atoms with Crippen molar-refractivity contribution in [2.24, 2.45) is 0 Å². The fraction of sp³-hybridized carbons (Fsp3) is 0.200. The maximum atomic E-state index is 12.1. The van der Waals surface area contributed by atoms with Crippen LogP contribution in [0, 0.1) is 0 Å².